The third-order valence-electron chi connectivity index (χ3n) is 3.01. The van der Waals surface area contributed by atoms with Gasteiger partial charge < -0.3 is 10.1 Å². The number of nitrogens with zero attached hydrogens (tertiary/aromatic N) is 3. The Hall–Kier alpha value is -3.03. The maximum absolute atomic E-state index is 11.3. The van der Waals surface area contributed by atoms with Gasteiger partial charge in [-0.2, -0.15) is 9.97 Å². The van der Waals surface area contributed by atoms with Crippen LogP contribution in [-0.4, -0.2) is 20.8 Å². The van der Waals surface area contributed by atoms with E-state index >= 15 is 0 Å². The zero-order valence-corrected chi connectivity index (χ0v) is 10.8. The maximum Gasteiger partial charge on any atom is 0.322 e. The summed E-state index contributed by atoms with van der Waals surface area (Å²) in [6, 6.07) is 5.24. The highest BCUT2D eigenvalue weighted by Crippen LogP contribution is 2.28. The Morgan fingerprint density at radius 2 is 2.00 bits per heavy atom. The van der Waals surface area contributed by atoms with Gasteiger partial charge in [0.15, 0.2) is 0 Å². The maximum atomic E-state index is 11.3. The molecule has 2 heterocycles. The molecule has 106 valence electrons. The number of rotatable bonds is 3. The highest BCUT2D eigenvalue weighted by atomic mass is 16.6. The Morgan fingerprint density at radius 3 is 2.71 bits per heavy atom. The summed E-state index contributed by atoms with van der Waals surface area (Å²) >= 11 is 0. The summed E-state index contributed by atoms with van der Waals surface area (Å²) in [5, 5.41) is 13.3. The van der Waals surface area contributed by atoms with Crippen LogP contribution >= 0.6 is 0 Å². The average Bonchev–Trinajstić information content (AvgIpc) is 2.48. The normalized spacial score (nSPS) is 13.2. The van der Waals surface area contributed by atoms with Gasteiger partial charge in [-0.1, -0.05) is 0 Å². The van der Waals surface area contributed by atoms with Crippen molar-refractivity contribution in [3.8, 4) is 11.8 Å². The standard InChI is InChI=1S/C13H10N4O4/c18-12-4-1-8-5-10(2-3-11(8)16-12)21-13-14-6-9(7-15-13)17(19)20/h2-3,5-7H,1,4H2,(H,16,18). The van der Waals surface area contributed by atoms with Crippen LogP contribution in [0.1, 0.15) is 12.0 Å². The van der Waals surface area contributed by atoms with Crippen LogP contribution in [0.5, 0.6) is 11.8 Å². The SMILES string of the molecule is O=C1CCc2cc(Oc3ncc([N+](=O)[O-])cn3)ccc2N1. The molecular formula is C13H10N4O4. The van der Waals surface area contributed by atoms with Crippen LogP contribution in [0.2, 0.25) is 0 Å². The predicted octanol–water partition coefficient (Wildman–Crippen LogP) is 2.06. The van der Waals surface area contributed by atoms with Crippen LogP contribution in [0, 0.1) is 10.1 Å². The molecule has 1 aliphatic rings. The van der Waals surface area contributed by atoms with Crippen molar-refractivity contribution in [1.82, 2.24) is 9.97 Å². The molecule has 0 fully saturated rings. The lowest BCUT2D eigenvalue weighted by atomic mass is 10.0. The van der Waals surface area contributed by atoms with E-state index in [0.717, 1.165) is 23.6 Å². The molecule has 1 aliphatic heterocycles. The van der Waals surface area contributed by atoms with E-state index in [0.29, 0.717) is 18.6 Å². The molecule has 1 aromatic carbocycles. The van der Waals surface area contributed by atoms with Crippen LogP contribution in [0.4, 0.5) is 11.4 Å². The minimum absolute atomic E-state index is 0.00475. The zero-order chi connectivity index (χ0) is 14.8. The number of hydrogen-bond acceptors (Lipinski definition) is 6. The number of carbonyl (C=O) groups is 1. The van der Waals surface area contributed by atoms with Crippen molar-refractivity contribution >= 4 is 17.3 Å². The molecule has 0 unspecified atom stereocenters. The van der Waals surface area contributed by atoms with Gasteiger partial charge in [0, 0.05) is 12.1 Å². The van der Waals surface area contributed by atoms with Crippen molar-refractivity contribution in [2.45, 2.75) is 12.8 Å². The third kappa shape index (κ3) is 2.78. The molecule has 21 heavy (non-hydrogen) atoms. The lowest BCUT2D eigenvalue weighted by molar-refractivity contribution is -0.385. The minimum Gasteiger partial charge on any atom is -0.424 e. The van der Waals surface area contributed by atoms with Gasteiger partial charge in [-0.05, 0) is 30.2 Å². The second-order valence-corrected chi connectivity index (χ2v) is 4.45. The number of hydrogen-bond donors (Lipinski definition) is 1. The van der Waals surface area contributed by atoms with Crippen LogP contribution < -0.4 is 10.1 Å². The molecular weight excluding hydrogens is 276 g/mol. The summed E-state index contributed by atoms with van der Waals surface area (Å²) in [5.41, 5.74) is 1.53. The number of carbonyl (C=O) groups excluding carboxylic acids is 1. The van der Waals surface area contributed by atoms with Crippen molar-refractivity contribution in [3.63, 3.8) is 0 Å². The first-order valence-corrected chi connectivity index (χ1v) is 6.19. The van der Waals surface area contributed by atoms with Gasteiger partial charge in [-0.25, -0.2) is 0 Å². The lowest BCUT2D eigenvalue weighted by Gasteiger charge is -2.17. The molecule has 0 saturated carbocycles. The molecule has 0 bridgehead atoms. The van der Waals surface area contributed by atoms with E-state index in [1.54, 1.807) is 18.2 Å². The van der Waals surface area contributed by atoms with Crippen LogP contribution in [0.3, 0.4) is 0 Å². The number of amides is 1. The Kier molecular flexibility index (Phi) is 3.19. The number of nitrogens with one attached hydrogen (secondary N) is 1. The molecule has 8 heteroatoms. The molecule has 0 radical (unpaired) electrons. The van der Waals surface area contributed by atoms with Gasteiger partial charge >= 0.3 is 11.7 Å². The fraction of sp³-hybridized carbons (Fsp3) is 0.154. The topological polar surface area (TPSA) is 107 Å². The summed E-state index contributed by atoms with van der Waals surface area (Å²) in [6.07, 6.45) is 3.24. The number of benzene rings is 1. The highest BCUT2D eigenvalue weighted by Gasteiger charge is 2.15. The molecule has 0 aliphatic carbocycles. The van der Waals surface area contributed by atoms with E-state index in [4.69, 9.17) is 4.74 Å². The fourth-order valence-corrected chi connectivity index (χ4v) is 1.99. The number of nitro groups is 1. The van der Waals surface area contributed by atoms with Gasteiger partial charge in [-0.3, -0.25) is 14.9 Å². The van der Waals surface area contributed by atoms with Crippen LogP contribution in [0.25, 0.3) is 0 Å². The van der Waals surface area contributed by atoms with Gasteiger partial charge in [0.1, 0.15) is 18.1 Å². The van der Waals surface area contributed by atoms with Crippen LogP contribution in [-0.2, 0) is 11.2 Å². The Labute approximate surface area is 118 Å². The van der Waals surface area contributed by atoms with Crippen LogP contribution in [0.15, 0.2) is 30.6 Å². The van der Waals surface area contributed by atoms with E-state index in [9.17, 15) is 14.9 Å². The first-order valence-electron chi connectivity index (χ1n) is 6.19. The summed E-state index contributed by atoms with van der Waals surface area (Å²) in [6.45, 7) is 0. The smallest absolute Gasteiger partial charge is 0.322 e. The summed E-state index contributed by atoms with van der Waals surface area (Å²) in [4.78, 5) is 28.8. The third-order valence-corrected chi connectivity index (χ3v) is 3.01. The number of aromatic nitrogens is 2. The van der Waals surface area contributed by atoms with Gasteiger partial charge in [0.05, 0.1) is 4.92 Å². The molecule has 8 nitrogen and oxygen atoms in total. The Morgan fingerprint density at radius 1 is 1.24 bits per heavy atom. The molecule has 2 aromatic rings. The van der Waals surface area contributed by atoms with Crippen molar-refractivity contribution in [2.75, 3.05) is 5.32 Å². The molecule has 3 rings (SSSR count). The van der Waals surface area contributed by atoms with E-state index in [1.807, 2.05) is 0 Å². The summed E-state index contributed by atoms with van der Waals surface area (Å²) in [7, 11) is 0. The number of anilines is 1. The molecule has 1 N–H and O–H groups in total. The quantitative estimate of drug-likeness (QED) is 0.683. The average molecular weight is 286 g/mol. The first kappa shape index (κ1) is 13.0. The minimum atomic E-state index is -0.578. The van der Waals surface area contributed by atoms with Crippen molar-refractivity contribution in [2.24, 2.45) is 0 Å². The summed E-state index contributed by atoms with van der Waals surface area (Å²) < 4.78 is 5.45. The first-order chi connectivity index (χ1) is 10.1. The molecule has 1 aromatic heterocycles. The highest BCUT2D eigenvalue weighted by molar-refractivity contribution is 5.94. The monoisotopic (exact) mass is 286 g/mol. The van der Waals surface area contributed by atoms with E-state index < -0.39 is 4.92 Å². The van der Waals surface area contributed by atoms with Crippen molar-refractivity contribution in [1.29, 1.82) is 0 Å². The summed E-state index contributed by atoms with van der Waals surface area (Å²) in [5.74, 6) is 0.508. The van der Waals surface area contributed by atoms with E-state index in [1.165, 1.54) is 0 Å². The van der Waals surface area contributed by atoms with Gasteiger partial charge in [0.25, 0.3) is 0 Å². The zero-order valence-electron chi connectivity index (χ0n) is 10.8. The number of ether oxygens (including phenoxy) is 1. The Balaban J connectivity index is 1.79. The van der Waals surface area contributed by atoms with E-state index in [2.05, 4.69) is 15.3 Å². The fourth-order valence-electron chi connectivity index (χ4n) is 1.99. The van der Waals surface area contributed by atoms with Gasteiger partial charge in [-0.15, -0.1) is 0 Å². The Bertz CT molecular complexity index is 715. The number of fused-ring (bicyclic) bond motifs is 1. The van der Waals surface area contributed by atoms with Crippen molar-refractivity contribution < 1.29 is 14.5 Å². The molecule has 0 spiro atoms. The van der Waals surface area contributed by atoms with Gasteiger partial charge in [0.2, 0.25) is 5.91 Å². The molecule has 1 amide bonds. The largest absolute Gasteiger partial charge is 0.424 e. The van der Waals surface area contributed by atoms with E-state index in [-0.39, 0.29) is 17.6 Å². The number of aryl methyl sites for hydroxylation is 1. The lowest BCUT2D eigenvalue weighted by Crippen LogP contribution is -2.18. The molecule has 0 saturated heterocycles. The second-order valence-electron chi connectivity index (χ2n) is 4.45. The van der Waals surface area contributed by atoms with Crippen molar-refractivity contribution in [3.05, 3.63) is 46.3 Å². The predicted molar refractivity (Wildman–Crippen MR) is 72.2 cm³/mol. The molecule has 0 atom stereocenters. The second kappa shape index (κ2) is 5.16.